The van der Waals surface area contributed by atoms with Crippen LogP contribution in [0.5, 0.6) is 0 Å². The van der Waals surface area contributed by atoms with Crippen molar-refractivity contribution in [3.05, 3.63) is 105 Å². The molecule has 0 saturated carbocycles. The van der Waals surface area contributed by atoms with Crippen LogP contribution in [-0.4, -0.2) is 50.4 Å². The first-order chi connectivity index (χ1) is 23.3. The minimum Gasteiger partial charge on any atom is -0.370 e. The van der Waals surface area contributed by atoms with Crippen molar-refractivity contribution in [2.75, 3.05) is 23.7 Å². The molecule has 2 aliphatic rings. The third kappa shape index (κ3) is 6.23. The number of fused-ring (bicyclic) bond motifs is 4. The van der Waals surface area contributed by atoms with Gasteiger partial charge in [0.2, 0.25) is 11.8 Å². The van der Waals surface area contributed by atoms with E-state index < -0.39 is 6.04 Å². The summed E-state index contributed by atoms with van der Waals surface area (Å²) in [6.07, 6.45) is 3.95. The summed E-state index contributed by atoms with van der Waals surface area (Å²) in [5.41, 5.74) is 7.83. The van der Waals surface area contributed by atoms with Crippen LogP contribution in [0.25, 0.3) is 16.1 Å². The molecule has 0 bridgehead atoms. The first kappa shape index (κ1) is 31.7. The molecule has 0 spiro atoms. The minimum atomic E-state index is -0.506. The van der Waals surface area contributed by atoms with Crippen LogP contribution in [0.15, 0.2) is 65.8 Å². The number of carbonyl (C=O) groups excluding carboxylic acids is 2. The van der Waals surface area contributed by atoms with Crippen LogP contribution in [0, 0.1) is 20.8 Å². The fraction of sp³-hybridized carbons (Fsp3) is 0.278. The number of nitrogens with zero attached hydrogens (tertiary/aromatic N) is 5. The van der Waals surface area contributed by atoms with Gasteiger partial charge in [0.25, 0.3) is 0 Å². The molecule has 12 heteroatoms. The summed E-state index contributed by atoms with van der Waals surface area (Å²) >= 11 is 7.91. The molecule has 1 unspecified atom stereocenters. The molecule has 0 fully saturated rings. The summed E-state index contributed by atoms with van der Waals surface area (Å²) in [5, 5.41) is 20.0. The summed E-state index contributed by atoms with van der Waals surface area (Å²) in [4.78, 5) is 36.1. The molecule has 48 heavy (non-hydrogen) atoms. The summed E-state index contributed by atoms with van der Waals surface area (Å²) in [6.45, 7) is 7.40. The second-order valence-corrected chi connectivity index (χ2v) is 13.7. The van der Waals surface area contributed by atoms with Crippen molar-refractivity contribution in [2.24, 2.45) is 4.99 Å². The van der Waals surface area contributed by atoms with Crippen molar-refractivity contribution in [3.63, 3.8) is 0 Å². The van der Waals surface area contributed by atoms with Crippen molar-refractivity contribution in [1.29, 1.82) is 0 Å². The number of anilines is 2. The van der Waals surface area contributed by atoms with Crippen LogP contribution in [0.3, 0.4) is 0 Å². The highest BCUT2D eigenvalue weighted by atomic mass is 35.5. The Kier molecular flexibility index (Phi) is 8.81. The highest BCUT2D eigenvalue weighted by Gasteiger charge is 2.32. The summed E-state index contributed by atoms with van der Waals surface area (Å²) in [6, 6.07) is 17.1. The molecular formula is C36H35ClN8O2S. The molecule has 2 aromatic carbocycles. The third-order valence-corrected chi connectivity index (χ3v) is 10.2. The first-order valence-corrected chi connectivity index (χ1v) is 17.2. The van der Waals surface area contributed by atoms with E-state index in [0.717, 1.165) is 74.3 Å². The van der Waals surface area contributed by atoms with Gasteiger partial charge in [-0.25, -0.2) is 4.98 Å². The Hall–Kier alpha value is -4.87. The molecule has 5 aromatic rings. The maximum Gasteiger partial charge on any atom is 0.228 e. The van der Waals surface area contributed by atoms with Crippen molar-refractivity contribution < 1.29 is 9.59 Å². The fourth-order valence-corrected chi connectivity index (χ4v) is 7.58. The molecule has 10 nitrogen and oxygen atoms in total. The van der Waals surface area contributed by atoms with E-state index in [0.29, 0.717) is 30.4 Å². The maximum absolute atomic E-state index is 13.3. The number of aliphatic imine (C=N–C) groups is 1. The number of rotatable bonds is 10. The van der Waals surface area contributed by atoms with Crippen LogP contribution in [0.4, 0.5) is 11.5 Å². The number of carbonyl (C=O) groups is 2. The Morgan fingerprint density at radius 3 is 2.67 bits per heavy atom. The molecule has 7 rings (SSSR count). The van der Waals surface area contributed by atoms with E-state index in [1.54, 1.807) is 17.5 Å². The Balaban J connectivity index is 0.994. The van der Waals surface area contributed by atoms with Crippen molar-refractivity contribution in [2.45, 2.75) is 52.5 Å². The van der Waals surface area contributed by atoms with Gasteiger partial charge in [0, 0.05) is 51.6 Å². The van der Waals surface area contributed by atoms with Gasteiger partial charge in [0.1, 0.15) is 22.7 Å². The SMILES string of the molecule is Cc1sc2c(c1C)C(c1ccc(Cl)cc1)=NC(CC(=O)NCCCCNc1ncccc1-c1ccc3c(c1)CC(=O)N3)c1nnc(C)n1-2. The standard InChI is InChI=1S/C36H35ClN8O2S/c1-20-21(2)48-36-32(20)33(23-8-11-26(37)12-9-23)42-29(35-44-43-22(3)45(35)36)19-30(46)38-14-4-5-15-39-34-27(7-6-16-40-34)24-10-13-28-25(17-24)18-31(47)41-28/h6-13,16-17,29H,4-5,14-15,18-19H2,1-3H3,(H,38,46)(H,39,40)(H,41,47). The van der Waals surface area contributed by atoms with Gasteiger partial charge < -0.3 is 16.0 Å². The van der Waals surface area contributed by atoms with Crippen molar-refractivity contribution >= 4 is 52.0 Å². The number of nitrogens with one attached hydrogen (secondary N) is 3. The zero-order valence-corrected chi connectivity index (χ0v) is 28.5. The minimum absolute atomic E-state index is 0.0174. The predicted octanol–water partition coefficient (Wildman–Crippen LogP) is 6.75. The van der Waals surface area contributed by atoms with Gasteiger partial charge in [-0.1, -0.05) is 29.8 Å². The first-order valence-electron chi connectivity index (χ1n) is 16.0. The number of unbranched alkanes of at least 4 members (excludes halogenated alkanes) is 1. The Bertz CT molecular complexity index is 2070. The number of pyridine rings is 1. The molecule has 244 valence electrons. The monoisotopic (exact) mass is 678 g/mol. The molecule has 1 atom stereocenters. The summed E-state index contributed by atoms with van der Waals surface area (Å²) in [5.74, 6) is 2.14. The Labute approximate surface area is 287 Å². The molecule has 5 heterocycles. The predicted molar refractivity (Wildman–Crippen MR) is 191 cm³/mol. The third-order valence-electron chi connectivity index (χ3n) is 8.80. The van der Waals surface area contributed by atoms with E-state index in [4.69, 9.17) is 16.6 Å². The number of hydrogen-bond acceptors (Lipinski definition) is 8. The molecular weight excluding hydrogens is 644 g/mol. The zero-order valence-electron chi connectivity index (χ0n) is 26.9. The number of halogens is 1. The van der Waals surface area contributed by atoms with Gasteiger partial charge in [0.15, 0.2) is 5.82 Å². The highest BCUT2D eigenvalue weighted by Crippen LogP contribution is 2.39. The van der Waals surface area contributed by atoms with Gasteiger partial charge in [0.05, 0.1) is 18.6 Å². The van der Waals surface area contributed by atoms with Gasteiger partial charge in [-0.2, -0.15) is 0 Å². The zero-order chi connectivity index (χ0) is 33.4. The van der Waals surface area contributed by atoms with Crippen LogP contribution in [0.1, 0.15) is 64.1 Å². The molecule has 0 radical (unpaired) electrons. The normalized spacial score (nSPS) is 14.8. The van der Waals surface area contributed by atoms with Gasteiger partial charge in [-0.15, -0.1) is 21.5 Å². The van der Waals surface area contributed by atoms with E-state index in [-0.39, 0.29) is 18.2 Å². The van der Waals surface area contributed by atoms with Crippen LogP contribution >= 0.6 is 22.9 Å². The van der Waals surface area contributed by atoms with E-state index >= 15 is 0 Å². The number of amides is 2. The van der Waals surface area contributed by atoms with Crippen molar-refractivity contribution in [3.8, 4) is 16.1 Å². The van der Waals surface area contributed by atoms with Gasteiger partial charge in [-0.3, -0.25) is 19.1 Å². The van der Waals surface area contributed by atoms with Gasteiger partial charge >= 0.3 is 0 Å². The second kappa shape index (κ2) is 13.3. The number of hydrogen-bond donors (Lipinski definition) is 3. The lowest BCUT2D eigenvalue weighted by Gasteiger charge is -2.14. The molecule has 3 aromatic heterocycles. The van der Waals surface area contributed by atoms with E-state index in [2.05, 4.69) is 49.5 Å². The summed E-state index contributed by atoms with van der Waals surface area (Å²) < 4.78 is 2.06. The van der Waals surface area contributed by atoms with Crippen LogP contribution in [-0.2, 0) is 16.0 Å². The van der Waals surface area contributed by atoms with Gasteiger partial charge in [-0.05, 0) is 86.7 Å². The van der Waals surface area contributed by atoms with E-state index in [1.165, 1.54) is 4.88 Å². The quantitative estimate of drug-likeness (QED) is 0.140. The maximum atomic E-state index is 13.3. The van der Waals surface area contributed by atoms with Crippen LogP contribution in [0.2, 0.25) is 5.02 Å². The Morgan fingerprint density at radius 1 is 1.04 bits per heavy atom. The lowest BCUT2D eigenvalue weighted by atomic mass is 9.99. The molecule has 0 aliphatic carbocycles. The number of aromatic nitrogens is 4. The lowest BCUT2D eigenvalue weighted by Crippen LogP contribution is -2.26. The van der Waals surface area contributed by atoms with E-state index in [9.17, 15) is 9.59 Å². The molecule has 3 N–H and O–H groups in total. The number of thiophene rings is 1. The number of aryl methyl sites for hydroxylation is 2. The Morgan fingerprint density at radius 2 is 1.83 bits per heavy atom. The highest BCUT2D eigenvalue weighted by molar-refractivity contribution is 7.15. The fourth-order valence-electron chi connectivity index (χ4n) is 6.24. The largest absolute Gasteiger partial charge is 0.370 e. The number of benzene rings is 2. The lowest BCUT2D eigenvalue weighted by molar-refractivity contribution is -0.121. The molecule has 2 aliphatic heterocycles. The van der Waals surface area contributed by atoms with Crippen molar-refractivity contribution in [1.82, 2.24) is 25.1 Å². The van der Waals surface area contributed by atoms with Crippen LogP contribution < -0.4 is 16.0 Å². The average molecular weight is 679 g/mol. The second-order valence-electron chi connectivity index (χ2n) is 12.1. The van der Waals surface area contributed by atoms with E-state index in [1.807, 2.05) is 61.5 Å². The topological polar surface area (TPSA) is 126 Å². The smallest absolute Gasteiger partial charge is 0.228 e. The average Bonchev–Trinajstić information content (AvgIpc) is 3.71. The molecule has 2 amide bonds. The molecule has 0 saturated heterocycles. The summed E-state index contributed by atoms with van der Waals surface area (Å²) in [7, 11) is 0.